The van der Waals surface area contributed by atoms with E-state index in [-0.39, 0.29) is 11.9 Å². The van der Waals surface area contributed by atoms with Crippen molar-refractivity contribution in [2.75, 3.05) is 18.4 Å². The van der Waals surface area contributed by atoms with Crippen LogP contribution in [0.2, 0.25) is 0 Å². The first-order chi connectivity index (χ1) is 12.1. The summed E-state index contributed by atoms with van der Waals surface area (Å²) in [4.78, 5) is 25.4. The molecule has 2 aliphatic rings. The van der Waals surface area contributed by atoms with Gasteiger partial charge in [-0.3, -0.25) is 4.68 Å². The number of carbonyl (C=O) groups excluding carboxylic acids is 1. The second kappa shape index (κ2) is 6.38. The van der Waals surface area contributed by atoms with E-state index in [1.165, 1.54) is 12.8 Å². The lowest BCUT2D eigenvalue weighted by Gasteiger charge is -2.30. The number of urea groups is 1. The maximum absolute atomic E-state index is 12.5. The van der Waals surface area contributed by atoms with Crippen molar-refractivity contribution in [3.8, 4) is 0 Å². The van der Waals surface area contributed by atoms with Gasteiger partial charge >= 0.3 is 11.8 Å². The predicted molar refractivity (Wildman–Crippen MR) is 89.4 cm³/mol. The molecule has 0 spiro atoms. The van der Waals surface area contributed by atoms with E-state index in [0.29, 0.717) is 36.6 Å². The fourth-order valence-electron chi connectivity index (χ4n) is 3.40. The third kappa shape index (κ3) is 3.45. The molecule has 0 unspecified atom stereocenters. The summed E-state index contributed by atoms with van der Waals surface area (Å²) in [5.41, 5.74) is 0.700. The SMILES string of the molecule is C[C@@H](C1CC1)n1cc(NC(=O)N2CCC[C@@H](c3n[nH]c(=O)o3)C2)cn1. The molecule has 2 aromatic heterocycles. The Kier molecular flexibility index (Phi) is 4.06. The van der Waals surface area contributed by atoms with Crippen LogP contribution in [-0.4, -0.2) is 44.0 Å². The summed E-state index contributed by atoms with van der Waals surface area (Å²) in [6.07, 6.45) is 7.75. The first-order valence-electron chi connectivity index (χ1n) is 8.75. The Morgan fingerprint density at radius 3 is 3.00 bits per heavy atom. The molecule has 4 rings (SSSR count). The highest BCUT2D eigenvalue weighted by atomic mass is 16.4. The van der Waals surface area contributed by atoms with E-state index in [2.05, 4.69) is 27.5 Å². The van der Waals surface area contributed by atoms with E-state index in [0.717, 1.165) is 12.8 Å². The van der Waals surface area contributed by atoms with Crippen LogP contribution in [0.25, 0.3) is 0 Å². The molecule has 0 bridgehead atoms. The average Bonchev–Trinajstić information content (AvgIpc) is 3.22. The standard InChI is InChI=1S/C16H22N6O3/c1-10(11-4-5-11)22-9-13(7-17-22)18-15(23)21-6-2-3-12(8-21)14-19-20-16(24)25-14/h7,9-12H,2-6,8H2,1H3,(H,18,23)(H,20,24)/t10-,12+/m0/s1. The van der Waals surface area contributed by atoms with Crippen molar-refractivity contribution in [2.45, 2.75) is 44.6 Å². The summed E-state index contributed by atoms with van der Waals surface area (Å²) >= 11 is 0. The highest BCUT2D eigenvalue weighted by Gasteiger charge is 2.30. The van der Waals surface area contributed by atoms with Crippen LogP contribution in [0.1, 0.15) is 50.5 Å². The summed E-state index contributed by atoms with van der Waals surface area (Å²) < 4.78 is 6.95. The molecule has 2 aromatic rings. The van der Waals surface area contributed by atoms with Gasteiger partial charge in [0, 0.05) is 19.3 Å². The topological polar surface area (TPSA) is 109 Å². The number of likely N-dealkylation sites (tertiary alicyclic amines) is 1. The third-order valence-electron chi connectivity index (χ3n) is 5.09. The van der Waals surface area contributed by atoms with Crippen molar-refractivity contribution in [1.29, 1.82) is 0 Å². The summed E-state index contributed by atoms with van der Waals surface area (Å²) in [6, 6.07) is 0.203. The Bertz CT molecular complexity index is 805. The third-order valence-corrected chi connectivity index (χ3v) is 5.09. The van der Waals surface area contributed by atoms with E-state index < -0.39 is 5.76 Å². The molecule has 9 nitrogen and oxygen atoms in total. The van der Waals surface area contributed by atoms with Gasteiger partial charge in [-0.2, -0.15) is 5.10 Å². The van der Waals surface area contributed by atoms with Gasteiger partial charge in [0.25, 0.3) is 0 Å². The summed E-state index contributed by atoms with van der Waals surface area (Å²) in [7, 11) is 0. The second-order valence-corrected chi connectivity index (χ2v) is 6.95. The first-order valence-corrected chi connectivity index (χ1v) is 8.75. The minimum Gasteiger partial charge on any atom is -0.392 e. The Balaban J connectivity index is 1.38. The molecule has 2 N–H and O–H groups in total. The smallest absolute Gasteiger partial charge is 0.392 e. The second-order valence-electron chi connectivity index (χ2n) is 6.95. The average molecular weight is 346 g/mol. The van der Waals surface area contributed by atoms with Crippen molar-refractivity contribution in [3.05, 3.63) is 28.8 Å². The van der Waals surface area contributed by atoms with Gasteiger partial charge in [0.1, 0.15) is 0 Å². The van der Waals surface area contributed by atoms with Crippen LogP contribution in [0, 0.1) is 5.92 Å². The number of H-pyrrole nitrogens is 1. The number of hydrogen-bond donors (Lipinski definition) is 2. The summed E-state index contributed by atoms with van der Waals surface area (Å²) in [5.74, 6) is 0.452. The van der Waals surface area contributed by atoms with Crippen LogP contribution < -0.4 is 11.1 Å². The number of aromatic nitrogens is 4. The number of nitrogens with zero attached hydrogens (tertiary/aromatic N) is 4. The molecule has 1 aliphatic heterocycles. The van der Waals surface area contributed by atoms with E-state index >= 15 is 0 Å². The first kappa shape index (κ1) is 15.9. The molecule has 2 fully saturated rings. The monoisotopic (exact) mass is 346 g/mol. The van der Waals surface area contributed by atoms with Crippen molar-refractivity contribution in [1.82, 2.24) is 24.9 Å². The Labute approximate surface area is 144 Å². The number of rotatable bonds is 4. The Hall–Kier alpha value is -2.58. The van der Waals surface area contributed by atoms with Gasteiger partial charge in [0.15, 0.2) is 0 Å². The zero-order valence-electron chi connectivity index (χ0n) is 14.1. The molecule has 134 valence electrons. The number of nitrogens with one attached hydrogen (secondary N) is 2. The summed E-state index contributed by atoms with van der Waals surface area (Å²) in [5, 5.41) is 13.4. The maximum Gasteiger partial charge on any atom is 0.434 e. The van der Waals surface area contributed by atoms with Crippen LogP contribution in [0.15, 0.2) is 21.6 Å². The molecule has 0 aromatic carbocycles. The lowest BCUT2D eigenvalue weighted by molar-refractivity contribution is 0.186. The molecular weight excluding hydrogens is 324 g/mol. The van der Waals surface area contributed by atoms with Crippen molar-refractivity contribution < 1.29 is 9.21 Å². The number of piperidine rings is 1. The Morgan fingerprint density at radius 2 is 2.28 bits per heavy atom. The van der Waals surface area contributed by atoms with E-state index in [1.807, 2.05) is 10.9 Å². The van der Waals surface area contributed by atoms with Gasteiger partial charge in [-0.25, -0.2) is 14.7 Å². The quantitative estimate of drug-likeness (QED) is 0.879. The van der Waals surface area contributed by atoms with Crippen LogP contribution >= 0.6 is 0 Å². The zero-order chi connectivity index (χ0) is 17.4. The predicted octanol–water partition coefficient (Wildman–Crippen LogP) is 1.94. The molecule has 1 aliphatic carbocycles. The van der Waals surface area contributed by atoms with E-state index in [4.69, 9.17) is 4.42 Å². The van der Waals surface area contributed by atoms with E-state index in [9.17, 15) is 9.59 Å². The number of hydrogen-bond acceptors (Lipinski definition) is 5. The molecule has 0 radical (unpaired) electrons. The number of carbonyl (C=O) groups is 1. The number of aromatic amines is 1. The molecular formula is C16H22N6O3. The fourth-order valence-corrected chi connectivity index (χ4v) is 3.40. The highest BCUT2D eigenvalue weighted by Crippen LogP contribution is 2.39. The lowest BCUT2D eigenvalue weighted by Crippen LogP contribution is -2.41. The lowest BCUT2D eigenvalue weighted by atomic mass is 9.98. The molecule has 1 saturated heterocycles. The minimum absolute atomic E-state index is 0.0592. The molecule has 1 saturated carbocycles. The van der Waals surface area contributed by atoms with Crippen molar-refractivity contribution in [3.63, 3.8) is 0 Å². The number of amides is 2. The van der Waals surface area contributed by atoms with Crippen LogP contribution in [0.3, 0.4) is 0 Å². The normalized spacial score (nSPS) is 22.0. The van der Waals surface area contributed by atoms with Gasteiger partial charge in [-0.05, 0) is 38.5 Å². The molecule has 3 heterocycles. The molecule has 2 atom stereocenters. The maximum atomic E-state index is 12.5. The molecule has 25 heavy (non-hydrogen) atoms. The highest BCUT2D eigenvalue weighted by molar-refractivity contribution is 5.89. The minimum atomic E-state index is -0.561. The van der Waals surface area contributed by atoms with Crippen LogP contribution in [0.5, 0.6) is 0 Å². The van der Waals surface area contributed by atoms with Crippen molar-refractivity contribution in [2.24, 2.45) is 5.92 Å². The summed E-state index contributed by atoms with van der Waals surface area (Å²) in [6.45, 7) is 3.30. The molecule has 2 amide bonds. The number of anilines is 1. The van der Waals surface area contributed by atoms with Gasteiger partial charge in [0.2, 0.25) is 5.89 Å². The van der Waals surface area contributed by atoms with Crippen LogP contribution in [-0.2, 0) is 0 Å². The van der Waals surface area contributed by atoms with Gasteiger partial charge in [-0.15, -0.1) is 5.10 Å². The van der Waals surface area contributed by atoms with E-state index in [1.54, 1.807) is 11.1 Å². The fraction of sp³-hybridized carbons (Fsp3) is 0.625. The largest absolute Gasteiger partial charge is 0.434 e. The molecule has 9 heteroatoms. The van der Waals surface area contributed by atoms with Crippen LogP contribution in [0.4, 0.5) is 10.5 Å². The van der Waals surface area contributed by atoms with Gasteiger partial charge in [-0.1, -0.05) is 0 Å². The van der Waals surface area contributed by atoms with Gasteiger partial charge in [0.05, 0.1) is 23.8 Å². The Morgan fingerprint density at radius 1 is 1.44 bits per heavy atom. The van der Waals surface area contributed by atoms with Gasteiger partial charge < -0.3 is 14.6 Å². The van der Waals surface area contributed by atoms with Crippen molar-refractivity contribution >= 4 is 11.7 Å². The zero-order valence-corrected chi connectivity index (χ0v) is 14.1.